The Hall–Kier alpha value is -2.47. The zero-order chi connectivity index (χ0) is 17.6. The normalized spacial score (nSPS) is 15.2. The molecule has 0 aliphatic carbocycles. The summed E-state index contributed by atoms with van der Waals surface area (Å²) in [5.74, 6) is 0.739. The van der Waals surface area contributed by atoms with E-state index in [2.05, 4.69) is 26.7 Å². The second-order valence-electron chi connectivity index (χ2n) is 6.07. The van der Waals surface area contributed by atoms with Crippen LogP contribution in [0.1, 0.15) is 24.3 Å². The predicted octanol–water partition coefficient (Wildman–Crippen LogP) is 2.29. The van der Waals surface area contributed by atoms with E-state index < -0.39 is 0 Å². The molecule has 6 heteroatoms. The van der Waals surface area contributed by atoms with Crippen molar-refractivity contribution in [2.75, 3.05) is 49.1 Å². The van der Waals surface area contributed by atoms with E-state index in [4.69, 9.17) is 0 Å². The second-order valence-corrected chi connectivity index (χ2v) is 6.07. The standard InChI is InChI=1S/C19H25N5O/c1-3-22-10-12-23(13-11-22)18-14-17(20-15-21-18)19(25)24(4-2)16-8-6-5-7-9-16/h5-9,14-15H,3-4,10-13H2,1-2H3. The second kappa shape index (κ2) is 8.07. The summed E-state index contributed by atoms with van der Waals surface area (Å²) in [4.78, 5) is 27.9. The van der Waals surface area contributed by atoms with Crippen molar-refractivity contribution in [2.24, 2.45) is 0 Å². The molecule has 1 amide bonds. The number of likely N-dealkylation sites (N-methyl/N-ethyl adjacent to an activating group) is 1. The molecule has 0 atom stereocenters. The molecule has 1 aliphatic heterocycles. The van der Waals surface area contributed by atoms with Crippen LogP contribution in [0.4, 0.5) is 11.5 Å². The van der Waals surface area contributed by atoms with Crippen molar-refractivity contribution in [3.63, 3.8) is 0 Å². The Balaban J connectivity index is 1.77. The van der Waals surface area contributed by atoms with E-state index in [0.29, 0.717) is 12.2 Å². The summed E-state index contributed by atoms with van der Waals surface area (Å²) in [5.41, 5.74) is 1.32. The molecule has 25 heavy (non-hydrogen) atoms. The average molecular weight is 339 g/mol. The van der Waals surface area contributed by atoms with Gasteiger partial charge in [0.1, 0.15) is 17.8 Å². The van der Waals surface area contributed by atoms with Crippen LogP contribution in [-0.4, -0.2) is 60.0 Å². The van der Waals surface area contributed by atoms with Crippen molar-refractivity contribution >= 4 is 17.4 Å². The summed E-state index contributed by atoms with van der Waals surface area (Å²) in [7, 11) is 0. The van der Waals surface area contributed by atoms with Gasteiger partial charge in [-0.05, 0) is 25.6 Å². The summed E-state index contributed by atoms with van der Waals surface area (Å²) in [6.07, 6.45) is 1.49. The quantitative estimate of drug-likeness (QED) is 0.836. The van der Waals surface area contributed by atoms with E-state index >= 15 is 0 Å². The van der Waals surface area contributed by atoms with Gasteiger partial charge in [0.05, 0.1) is 0 Å². The van der Waals surface area contributed by atoms with E-state index in [1.165, 1.54) is 6.33 Å². The van der Waals surface area contributed by atoms with E-state index in [1.54, 1.807) is 4.90 Å². The first-order valence-electron chi connectivity index (χ1n) is 8.89. The summed E-state index contributed by atoms with van der Waals surface area (Å²) in [5, 5.41) is 0. The molecule has 0 saturated carbocycles. The first kappa shape index (κ1) is 17.4. The van der Waals surface area contributed by atoms with Crippen molar-refractivity contribution in [3.05, 3.63) is 48.4 Å². The van der Waals surface area contributed by atoms with Crippen LogP contribution in [0.2, 0.25) is 0 Å². The summed E-state index contributed by atoms with van der Waals surface area (Å²) >= 11 is 0. The van der Waals surface area contributed by atoms with E-state index in [1.807, 2.05) is 43.3 Å². The van der Waals surface area contributed by atoms with Gasteiger partial charge in [-0.25, -0.2) is 9.97 Å². The Labute approximate surface area is 149 Å². The fraction of sp³-hybridized carbons (Fsp3) is 0.421. The molecule has 3 rings (SSSR count). The van der Waals surface area contributed by atoms with E-state index in [0.717, 1.165) is 44.2 Å². The Morgan fingerprint density at radius 3 is 2.44 bits per heavy atom. The molecule has 0 radical (unpaired) electrons. The fourth-order valence-corrected chi connectivity index (χ4v) is 3.12. The number of hydrogen-bond donors (Lipinski definition) is 0. The predicted molar refractivity (Wildman–Crippen MR) is 100 cm³/mol. The van der Waals surface area contributed by atoms with Gasteiger partial charge in [-0.15, -0.1) is 0 Å². The third kappa shape index (κ3) is 3.96. The highest BCUT2D eigenvalue weighted by Gasteiger charge is 2.21. The summed E-state index contributed by atoms with van der Waals surface area (Å²) in [6.45, 7) is 9.71. The van der Waals surface area contributed by atoms with Crippen molar-refractivity contribution < 1.29 is 4.79 Å². The third-order valence-electron chi connectivity index (χ3n) is 4.64. The fourth-order valence-electron chi connectivity index (χ4n) is 3.12. The number of nitrogens with zero attached hydrogens (tertiary/aromatic N) is 5. The zero-order valence-corrected chi connectivity index (χ0v) is 14.9. The lowest BCUT2D eigenvalue weighted by Gasteiger charge is -2.34. The molecule has 2 heterocycles. The smallest absolute Gasteiger partial charge is 0.277 e. The Morgan fingerprint density at radius 2 is 1.80 bits per heavy atom. The van der Waals surface area contributed by atoms with Gasteiger partial charge in [0.25, 0.3) is 5.91 Å². The highest BCUT2D eigenvalue weighted by Crippen LogP contribution is 2.18. The lowest BCUT2D eigenvalue weighted by molar-refractivity contribution is 0.0983. The van der Waals surface area contributed by atoms with Crippen LogP contribution >= 0.6 is 0 Å². The first-order valence-corrected chi connectivity index (χ1v) is 8.89. The number of benzene rings is 1. The molecule has 0 unspecified atom stereocenters. The van der Waals surface area contributed by atoms with Crippen LogP contribution in [0.15, 0.2) is 42.7 Å². The number of hydrogen-bond acceptors (Lipinski definition) is 5. The summed E-state index contributed by atoms with van der Waals surface area (Å²) < 4.78 is 0. The monoisotopic (exact) mass is 339 g/mol. The van der Waals surface area contributed by atoms with Crippen molar-refractivity contribution in [2.45, 2.75) is 13.8 Å². The molecule has 6 nitrogen and oxygen atoms in total. The SMILES string of the molecule is CCN1CCN(c2cc(C(=O)N(CC)c3ccccc3)ncn2)CC1. The lowest BCUT2D eigenvalue weighted by atomic mass is 10.2. The number of carbonyl (C=O) groups excluding carboxylic acids is 1. The molecular formula is C19H25N5O. The largest absolute Gasteiger partial charge is 0.354 e. The highest BCUT2D eigenvalue weighted by atomic mass is 16.2. The minimum absolute atomic E-state index is 0.0930. The Morgan fingerprint density at radius 1 is 1.08 bits per heavy atom. The molecule has 1 aromatic carbocycles. The molecule has 1 saturated heterocycles. The Bertz CT molecular complexity index is 698. The van der Waals surface area contributed by atoms with Gasteiger partial charge in [0.2, 0.25) is 0 Å². The minimum atomic E-state index is -0.0930. The average Bonchev–Trinajstić information content (AvgIpc) is 2.69. The molecule has 1 aromatic heterocycles. The number of aromatic nitrogens is 2. The van der Waals surface area contributed by atoms with E-state index in [9.17, 15) is 4.79 Å². The van der Waals surface area contributed by atoms with Crippen LogP contribution in [0, 0.1) is 0 Å². The maximum Gasteiger partial charge on any atom is 0.277 e. The molecule has 2 aromatic rings. The number of rotatable bonds is 5. The van der Waals surface area contributed by atoms with Crippen LogP contribution < -0.4 is 9.80 Å². The molecule has 0 N–H and O–H groups in total. The van der Waals surface area contributed by atoms with Crippen molar-refractivity contribution in [1.29, 1.82) is 0 Å². The number of para-hydroxylation sites is 1. The van der Waals surface area contributed by atoms with Gasteiger partial charge in [-0.3, -0.25) is 4.79 Å². The topological polar surface area (TPSA) is 52.6 Å². The van der Waals surface area contributed by atoms with Crippen LogP contribution in [-0.2, 0) is 0 Å². The number of carbonyl (C=O) groups is 1. The molecule has 132 valence electrons. The number of anilines is 2. The number of amides is 1. The van der Waals surface area contributed by atoms with Gasteiger partial charge in [0, 0.05) is 44.5 Å². The molecule has 0 bridgehead atoms. The lowest BCUT2D eigenvalue weighted by Crippen LogP contribution is -2.46. The van der Waals surface area contributed by atoms with Crippen LogP contribution in [0.25, 0.3) is 0 Å². The minimum Gasteiger partial charge on any atom is -0.354 e. The highest BCUT2D eigenvalue weighted by molar-refractivity contribution is 6.05. The number of piperazine rings is 1. The van der Waals surface area contributed by atoms with Gasteiger partial charge < -0.3 is 14.7 Å². The van der Waals surface area contributed by atoms with Gasteiger partial charge in [-0.2, -0.15) is 0 Å². The maximum absolute atomic E-state index is 12.9. The van der Waals surface area contributed by atoms with Crippen molar-refractivity contribution in [3.8, 4) is 0 Å². The van der Waals surface area contributed by atoms with Gasteiger partial charge >= 0.3 is 0 Å². The summed E-state index contributed by atoms with van der Waals surface area (Å²) in [6, 6.07) is 11.5. The maximum atomic E-state index is 12.9. The molecule has 1 aliphatic rings. The van der Waals surface area contributed by atoms with Crippen LogP contribution in [0.5, 0.6) is 0 Å². The van der Waals surface area contributed by atoms with Crippen LogP contribution in [0.3, 0.4) is 0 Å². The third-order valence-corrected chi connectivity index (χ3v) is 4.64. The Kier molecular flexibility index (Phi) is 5.60. The first-order chi connectivity index (χ1) is 12.2. The molecule has 1 fully saturated rings. The zero-order valence-electron chi connectivity index (χ0n) is 14.9. The van der Waals surface area contributed by atoms with Gasteiger partial charge in [-0.1, -0.05) is 25.1 Å². The molecule has 0 spiro atoms. The van der Waals surface area contributed by atoms with Gasteiger partial charge in [0.15, 0.2) is 0 Å². The van der Waals surface area contributed by atoms with E-state index in [-0.39, 0.29) is 5.91 Å². The van der Waals surface area contributed by atoms with Crippen molar-refractivity contribution in [1.82, 2.24) is 14.9 Å². The molecular weight excluding hydrogens is 314 g/mol.